The van der Waals surface area contributed by atoms with Crippen molar-refractivity contribution in [1.82, 2.24) is 4.31 Å². The van der Waals surface area contributed by atoms with Crippen molar-refractivity contribution in [3.05, 3.63) is 53.6 Å². The first-order valence-electron chi connectivity index (χ1n) is 8.86. The molecule has 0 aliphatic carbocycles. The maximum Gasteiger partial charge on any atom is 0.242 e. The largest absolute Gasteiger partial charge is 0.492 e. The van der Waals surface area contributed by atoms with E-state index in [-0.39, 0.29) is 24.0 Å². The van der Waals surface area contributed by atoms with Gasteiger partial charge in [0.25, 0.3) is 0 Å². The van der Waals surface area contributed by atoms with E-state index in [9.17, 15) is 13.2 Å². The van der Waals surface area contributed by atoms with E-state index in [4.69, 9.17) is 4.74 Å². The second-order valence-corrected chi connectivity index (χ2v) is 8.74. The van der Waals surface area contributed by atoms with Gasteiger partial charge in [-0.25, -0.2) is 8.42 Å². The molecule has 0 radical (unpaired) electrons. The van der Waals surface area contributed by atoms with Crippen LogP contribution in [0.15, 0.2) is 47.4 Å². The summed E-state index contributed by atoms with van der Waals surface area (Å²) in [6.07, 6.45) is 0.665. The average molecular weight is 388 g/mol. The van der Waals surface area contributed by atoms with Crippen molar-refractivity contribution in [1.29, 1.82) is 0 Å². The monoisotopic (exact) mass is 388 g/mol. The zero-order chi connectivity index (χ0) is 19.6. The number of fused-ring (bicyclic) bond motifs is 1. The zero-order valence-electron chi connectivity index (χ0n) is 15.8. The average Bonchev–Trinajstić information content (AvgIpc) is 3.06. The minimum absolute atomic E-state index is 0.0327. The maximum atomic E-state index is 12.8. The highest BCUT2D eigenvalue weighted by Crippen LogP contribution is 2.30. The van der Waals surface area contributed by atoms with Gasteiger partial charge in [0.05, 0.1) is 4.90 Å². The number of sulfonamides is 1. The molecule has 2 aromatic rings. The number of rotatable bonds is 6. The minimum Gasteiger partial charge on any atom is -0.492 e. The Kier molecular flexibility index (Phi) is 5.53. The van der Waals surface area contributed by atoms with Crippen molar-refractivity contribution in [3.8, 4) is 5.75 Å². The number of amides is 1. The van der Waals surface area contributed by atoms with Crippen molar-refractivity contribution in [3.63, 3.8) is 0 Å². The Morgan fingerprint density at radius 3 is 2.56 bits per heavy atom. The molecule has 0 N–H and O–H groups in total. The standard InChI is InChI=1S/C20H24N2O4S/c1-15-4-6-18(7-5-15)26-13-12-21(3)27(24,25)19-8-9-20-17(14-19)10-11-22(20)16(2)23/h4-9,14H,10-13H2,1-3H3. The molecule has 1 amide bonds. The molecule has 0 spiro atoms. The zero-order valence-corrected chi connectivity index (χ0v) is 16.6. The first-order chi connectivity index (χ1) is 12.8. The third-order valence-corrected chi connectivity index (χ3v) is 6.58. The first-order valence-corrected chi connectivity index (χ1v) is 10.3. The van der Waals surface area contributed by atoms with E-state index in [2.05, 4.69) is 0 Å². The summed E-state index contributed by atoms with van der Waals surface area (Å²) < 4.78 is 32.6. The minimum atomic E-state index is -3.61. The number of hydrogen-bond donors (Lipinski definition) is 0. The summed E-state index contributed by atoms with van der Waals surface area (Å²) in [5.41, 5.74) is 2.82. The fourth-order valence-corrected chi connectivity index (χ4v) is 4.30. The van der Waals surface area contributed by atoms with E-state index in [0.717, 1.165) is 16.8 Å². The maximum absolute atomic E-state index is 12.8. The van der Waals surface area contributed by atoms with Crippen LogP contribution in [0, 0.1) is 6.92 Å². The fraction of sp³-hybridized carbons (Fsp3) is 0.350. The summed E-state index contributed by atoms with van der Waals surface area (Å²) in [5.74, 6) is 0.683. The molecule has 0 saturated carbocycles. The summed E-state index contributed by atoms with van der Waals surface area (Å²) in [6, 6.07) is 12.6. The van der Waals surface area contributed by atoms with Gasteiger partial charge in [-0.3, -0.25) is 4.79 Å². The lowest BCUT2D eigenvalue weighted by Crippen LogP contribution is -2.31. The van der Waals surface area contributed by atoms with Crippen LogP contribution < -0.4 is 9.64 Å². The molecule has 0 atom stereocenters. The van der Waals surface area contributed by atoms with Gasteiger partial charge >= 0.3 is 0 Å². The summed E-state index contributed by atoms with van der Waals surface area (Å²) in [6.45, 7) is 4.61. The molecular weight excluding hydrogens is 364 g/mol. The number of hydrogen-bond acceptors (Lipinski definition) is 4. The summed E-state index contributed by atoms with van der Waals surface area (Å²) in [4.78, 5) is 13.5. The van der Waals surface area contributed by atoms with E-state index in [0.29, 0.717) is 18.7 Å². The van der Waals surface area contributed by atoms with Crippen LogP contribution in [0.4, 0.5) is 5.69 Å². The second kappa shape index (κ2) is 7.70. The highest BCUT2D eigenvalue weighted by Gasteiger charge is 2.26. The van der Waals surface area contributed by atoms with Crippen molar-refractivity contribution in [2.24, 2.45) is 0 Å². The molecule has 1 aliphatic rings. The number of carbonyl (C=O) groups excluding carboxylic acids is 1. The van der Waals surface area contributed by atoms with Crippen LogP contribution in [0.1, 0.15) is 18.1 Å². The highest BCUT2D eigenvalue weighted by atomic mass is 32.2. The predicted octanol–water partition coefficient (Wildman–Crippen LogP) is 2.60. The van der Waals surface area contributed by atoms with Crippen LogP contribution in [0.3, 0.4) is 0 Å². The molecule has 0 aromatic heterocycles. The van der Waals surface area contributed by atoms with Gasteiger partial charge in [-0.05, 0) is 49.2 Å². The predicted molar refractivity (Wildman–Crippen MR) is 105 cm³/mol. The van der Waals surface area contributed by atoms with Gasteiger partial charge in [-0.1, -0.05) is 17.7 Å². The topological polar surface area (TPSA) is 66.9 Å². The third-order valence-electron chi connectivity index (χ3n) is 4.73. The van der Waals surface area contributed by atoms with Gasteiger partial charge in [-0.15, -0.1) is 0 Å². The molecule has 2 aromatic carbocycles. The molecule has 27 heavy (non-hydrogen) atoms. The van der Waals surface area contributed by atoms with E-state index >= 15 is 0 Å². The van der Waals surface area contributed by atoms with Gasteiger partial charge in [0.2, 0.25) is 15.9 Å². The first kappa shape index (κ1) is 19.4. The molecular formula is C20H24N2O4S. The van der Waals surface area contributed by atoms with Crippen LogP contribution in [-0.2, 0) is 21.2 Å². The van der Waals surface area contributed by atoms with Crippen molar-refractivity contribution < 1.29 is 17.9 Å². The Morgan fingerprint density at radius 1 is 1.19 bits per heavy atom. The van der Waals surface area contributed by atoms with Crippen LogP contribution >= 0.6 is 0 Å². The fourth-order valence-electron chi connectivity index (χ4n) is 3.09. The highest BCUT2D eigenvalue weighted by molar-refractivity contribution is 7.89. The van der Waals surface area contributed by atoms with Crippen molar-refractivity contribution >= 4 is 21.6 Å². The van der Waals surface area contributed by atoms with E-state index in [1.54, 1.807) is 30.1 Å². The Labute approximate surface area is 160 Å². The lowest BCUT2D eigenvalue weighted by Gasteiger charge is -2.19. The Morgan fingerprint density at radius 2 is 1.89 bits per heavy atom. The van der Waals surface area contributed by atoms with Gasteiger partial charge in [0.15, 0.2) is 0 Å². The van der Waals surface area contributed by atoms with Gasteiger partial charge in [0.1, 0.15) is 12.4 Å². The number of benzene rings is 2. The Bertz CT molecular complexity index is 939. The molecule has 6 nitrogen and oxygen atoms in total. The molecule has 1 aliphatic heterocycles. The van der Waals surface area contributed by atoms with Crippen LogP contribution in [-0.4, -0.2) is 45.4 Å². The van der Waals surface area contributed by atoms with Gasteiger partial charge in [0, 0.05) is 32.7 Å². The van der Waals surface area contributed by atoms with Gasteiger partial charge < -0.3 is 9.64 Å². The smallest absolute Gasteiger partial charge is 0.242 e. The van der Waals surface area contributed by atoms with Crippen LogP contribution in [0.5, 0.6) is 5.75 Å². The summed E-state index contributed by atoms with van der Waals surface area (Å²) in [5, 5.41) is 0. The Balaban J connectivity index is 1.67. The van der Waals surface area contributed by atoms with Crippen LogP contribution in [0.2, 0.25) is 0 Å². The quantitative estimate of drug-likeness (QED) is 0.763. The molecule has 0 fully saturated rings. The SMILES string of the molecule is CC(=O)N1CCc2cc(S(=O)(=O)N(C)CCOc3ccc(C)cc3)ccc21. The second-order valence-electron chi connectivity index (χ2n) is 6.70. The normalized spacial score (nSPS) is 13.7. The third kappa shape index (κ3) is 4.14. The van der Waals surface area contributed by atoms with E-state index < -0.39 is 10.0 Å². The number of ether oxygens (including phenoxy) is 1. The number of carbonyl (C=O) groups is 1. The molecule has 0 unspecified atom stereocenters. The lowest BCUT2D eigenvalue weighted by atomic mass is 10.2. The van der Waals surface area contributed by atoms with Crippen molar-refractivity contribution in [2.45, 2.75) is 25.2 Å². The molecule has 3 rings (SSSR count). The van der Waals surface area contributed by atoms with Gasteiger partial charge in [-0.2, -0.15) is 4.31 Å². The number of anilines is 1. The molecule has 0 saturated heterocycles. The lowest BCUT2D eigenvalue weighted by molar-refractivity contribution is -0.116. The van der Waals surface area contributed by atoms with Crippen molar-refractivity contribution in [2.75, 3.05) is 31.6 Å². The number of nitrogens with zero attached hydrogens (tertiary/aromatic N) is 2. The number of likely N-dealkylation sites (N-methyl/N-ethyl adjacent to an activating group) is 1. The van der Waals surface area contributed by atoms with E-state index in [1.165, 1.54) is 11.2 Å². The number of aryl methyl sites for hydroxylation is 1. The summed E-state index contributed by atoms with van der Waals surface area (Å²) >= 11 is 0. The summed E-state index contributed by atoms with van der Waals surface area (Å²) in [7, 11) is -2.06. The molecule has 1 heterocycles. The van der Waals surface area contributed by atoms with E-state index in [1.807, 2.05) is 31.2 Å². The molecule has 7 heteroatoms. The molecule has 0 bridgehead atoms. The van der Waals surface area contributed by atoms with Crippen LogP contribution in [0.25, 0.3) is 0 Å². The Hall–Kier alpha value is -2.38. The molecule has 144 valence electrons.